The molecule has 2 aromatic rings. The maximum absolute atomic E-state index is 14.0. The SMILES string of the molecule is Cc1ccccc1C[C@@H](C)NC(=O)c1ccc(N(C)C)c(F)c1. The molecule has 0 unspecified atom stereocenters. The number of nitrogens with one attached hydrogen (secondary N) is 1. The lowest BCUT2D eigenvalue weighted by Gasteiger charge is -2.17. The van der Waals surface area contributed by atoms with E-state index in [2.05, 4.69) is 24.4 Å². The molecule has 0 bridgehead atoms. The quantitative estimate of drug-likeness (QED) is 0.915. The summed E-state index contributed by atoms with van der Waals surface area (Å²) in [5, 5.41) is 2.93. The molecular weight excluding hydrogens is 291 g/mol. The lowest BCUT2D eigenvalue weighted by atomic mass is 10.0. The normalized spacial score (nSPS) is 11.9. The third-order valence-electron chi connectivity index (χ3n) is 3.86. The first-order valence-electron chi connectivity index (χ1n) is 7.70. The fourth-order valence-electron chi connectivity index (χ4n) is 2.54. The molecule has 3 nitrogen and oxygen atoms in total. The van der Waals surface area contributed by atoms with Crippen LogP contribution in [0.2, 0.25) is 0 Å². The summed E-state index contributed by atoms with van der Waals surface area (Å²) in [5.74, 6) is -0.649. The van der Waals surface area contributed by atoms with Crippen LogP contribution in [-0.4, -0.2) is 26.0 Å². The monoisotopic (exact) mass is 314 g/mol. The van der Waals surface area contributed by atoms with Gasteiger partial charge in [-0.05, 0) is 49.6 Å². The van der Waals surface area contributed by atoms with Gasteiger partial charge in [-0.25, -0.2) is 4.39 Å². The molecule has 2 aromatic carbocycles. The summed E-state index contributed by atoms with van der Waals surface area (Å²) < 4.78 is 14.0. The average molecular weight is 314 g/mol. The minimum absolute atomic E-state index is 0.0276. The van der Waals surface area contributed by atoms with Crippen LogP contribution >= 0.6 is 0 Å². The Bertz CT molecular complexity index is 698. The molecule has 0 aliphatic heterocycles. The Balaban J connectivity index is 2.04. The van der Waals surface area contributed by atoms with E-state index < -0.39 is 5.82 Å². The molecule has 1 atom stereocenters. The van der Waals surface area contributed by atoms with Gasteiger partial charge in [0, 0.05) is 25.7 Å². The second-order valence-electron chi connectivity index (χ2n) is 6.07. The highest BCUT2D eigenvalue weighted by Gasteiger charge is 2.14. The largest absolute Gasteiger partial charge is 0.375 e. The Labute approximate surface area is 137 Å². The summed E-state index contributed by atoms with van der Waals surface area (Å²) in [6.07, 6.45) is 0.747. The van der Waals surface area contributed by atoms with Crippen LogP contribution in [0.15, 0.2) is 42.5 Å². The molecule has 0 saturated heterocycles. The number of halogens is 1. The number of rotatable bonds is 5. The lowest BCUT2D eigenvalue weighted by Crippen LogP contribution is -2.34. The number of hydrogen-bond donors (Lipinski definition) is 1. The molecule has 122 valence electrons. The molecular formula is C19H23FN2O. The zero-order valence-corrected chi connectivity index (χ0v) is 14.1. The van der Waals surface area contributed by atoms with Crippen LogP contribution in [0.4, 0.5) is 10.1 Å². The van der Waals surface area contributed by atoms with Gasteiger partial charge in [0.25, 0.3) is 5.91 Å². The van der Waals surface area contributed by atoms with Crippen molar-refractivity contribution in [3.05, 3.63) is 65.0 Å². The number of carbonyl (C=O) groups is 1. The second-order valence-corrected chi connectivity index (χ2v) is 6.07. The molecule has 4 heteroatoms. The number of anilines is 1. The molecule has 0 spiro atoms. The van der Waals surface area contributed by atoms with E-state index in [9.17, 15) is 9.18 Å². The van der Waals surface area contributed by atoms with Crippen LogP contribution in [0.1, 0.15) is 28.4 Å². The third-order valence-corrected chi connectivity index (χ3v) is 3.86. The first kappa shape index (κ1) is 17.0. The van der Waals surface area contributed by atoms with E-state index in [0.717, 1.165) is 6.42 Å². The van der Waals surface area contributed by atoms with Crippen molar-refractivity contribution in [2.45, 2.75) is 26.3 Å². The molecule has 2 rings (SSSR count). The Kier molecular flexibility index (Phi) is 5.37. The van der Waals surface area contributed by atoms with Gasteiger partial charge in [-0.2, -0.15) is 0 Å². The number of amides is 1. The van der Waals surface area contributed by atoms with Crippen molar-refractivity contribution in [3.63, 3.8) is 0 Å². The zero-order chi connectivity index (χ0) is 17.0. The van der Waals surface area contributed by atoms with Crippen LogP contribution in [0.3, 0.4) is 0 Å². The number of nitrogens with zero attached hydrogens (tertiary/aromatic N) is 1. The summed E-state index contributed by atoms with van der Waals surface area (Å²) in [6.45, 7) is 4.01. The van der Waals surface area contributed by atoms with Crippen molar-refractivity contribution in [3.8, 4) is 0 Å². The minimum Gasteiger partial charge on any atom is -0.375 e. The van der Waals surface area contributed by atoms with Crippen LogP contribution in [0, 0.1) is 12.7 Å². The second kappa shape index (κ2) is 7.27. The Morgan fingerprint density at radius 3 is 2.52 bits per heavy atom. The van der Waals surface area contributed by atoms with Gasteiger partial charge >= 0.3 is 0 Å². The molecule has 0 fully saturated rings. The summed E-state index contributed by atoms with van der Waals surface area (Å²) in [7, 11) is 3.53. The van der Waals surface area contributed by atoms with Crippen molar-refractivity contribution in [2.75, 3.05) is 19.0 Å². The van der Waals surface area contributed by atoms with Gasteiger partial charge in [0.1, 0.15) is 5.82 Å². The zero-order valence-electron chi connectivity index (χ0n) is 14.1. The predicted octanol–water partition coefficient (Wildman–Crippen LogP) is 3.56. The molecule has 0 aliphatic carbocycles. The summed E-state index contributed by atoms with van der Waals surface area (Å²) >= 11 is 0. The Morgan fingerprint density at radius 1 is 1.22 bits per heavy atom. The highest BCUT2D eigenvalue weighted by molar-refractivity contribution is 5.94. The maximum Gasteiger partial charge on any atom is 0.251 e. The van der Waals surface area contributed by atoms with Gasteiger partial charge in [-0.3, -0.25) is 4.79 Å². The molecule has 0 aromatic heterocycles. The third kappa shape index (κ3) is 4.31. The maximum atomic E-state index is 14.0. The molecule has 0 radical (unpaired) electrons. The first-order chi connectivity index (χ1) is 10.9. The summed E-state index contributed by atoms with van der Waals surface area (Å²) in [5.41, 5.74) is 3.21. The molecule has 23 heavy (non-hydrogen) atoms. The first-order valence-corrected chi connectivity index (χ1v) is 7.70. The van der Waals surface area contributed by atoms with Gasteiger partial charge in [-0.15, -0.1) is 0 Å². The van der Waals surface area contributed by atoms with E-state index in [4.69, 9.17) is 0 Å². The van der Waals surface area contributed by atoms with Crippen LogP contribution < -0.4 is 10.2 Å². The van der Waals surface area contributed by atoms with E-state index in [1.54, 1.807) is 31.1 Å². The van der Waals surface area contributed by atoms with Crippen molar-refractivity contribution in [1.82, 2.24) is 5.32 Å². The van der Waals surface area contributed by atoms with E-state index in [1.807, 2.05) is 19.1 Å². The standard InChI is InChI=1S/C19H23FN2O/c1-13-7-5-6-8-15(13)11-14(2)21-19(23)16-9-10-18(22(3)4)17(20)12-16/h5-10,12,14H,11H2,1-4H3,(H,21,23)/t14-/m1/s1. The Morgan fingerprint density at radius 2 is 1.91 bits per heavy atom. The van der Waals surface area contributed by atoms with Crippen LogP contribution in [-0.2, 0) is 6.42 Å². The average Bonchev–Trinajstić information content (AvgIpc) is 2.49. The molecule has 0 heterocycles. The van der Waals surface area contributed by atoms with E-state index in [1.165, 1.54) is 17.2 Å². The molecule has 1 N–H and O–H groups in total. The highest BCUT2D eigenvalue weighted by Crippen LogP contribution is 2.18. The van der Waals surface area contributed by atoms with Crippen LogP contribution in [0.5, 0.6) is 0 Å². The summed E-state index contributed by atoms with van der Waals surface area (Å²) in [4.78, 5) is 14.0. The van der Waals surface area contributed by atoms with Crippen molar-refractivity contribution >= 4 is 11.6 Å². The lowest BCUT2D eigenvalue weighted by molar-refractivity contribution is 0.0939. The van der Waals surface area contributed by atoms with Gasteiger partial charge in [0.05, 0.1) is 5.69 Å². The van der Waals surface area contributed by atoms with Crippen LogP contribution in [0.25, 0.3) is 0 Å². The fraction of sp³-hybridized carbons (Fsp3) is 0.316. The predicted molar refractivity (Wildman–Crippen MR) is 92.5 cm³/mol. The molecule has 0 saturated carbocycles. The number of benzene rings is 2. The molecule has 0 aliphatic rings. The van der Waals surface area contributed by atoms with Crippen molar-refractivity contribution in [2.24, 2.45) is 0 Å². The Hall–Kier alpha value is -2.36. The van der Waals surface area contributed by atoms with E-state index in [-0.39, 0.29) is 11.9 Å². The van der Waals surface area contributed by atoms with Gasteiger partial charge < -0.3 is 10.2 Å². The minimum atomic E-state index is -0.394. The van der Waals surface area contributed by atoms with E-state index >= 15 is 0 Å². The topological polar surface area (TPSA) is 32.3 Å². The van der Waals surface area contributed by atoms with Crippen molar-refractivity contribution < 1.29 is 9.18 Å². The van der Waals surface area contributed by atoms with Gasteiger partial charge in [0.15, 0.2) is 0 Å². The fourth-order valence-corrected chi connectivity index (χ4v) is 2.54. The highest BCUT2D eigenvalue weighted by atomic mass is 19.1. The number of hydrogen-bond acceptors (Lipinski definition) is 2. The van der Waals surface area contributed by atoms with E-state index in [0.29, 0.717) is 11.3 Å². The number of aryl methyl sites for hydroxylation is 1. The smallest absolute Gasteiger partial charge is 0.251 e. The number of carbonyl (C=O) groups excluding carboxylic acids is 1. The van der Waals surface area contributed by atoms with Crippen molar-refractivity contribution in [1.29, 1.82) is 0 Å². The molecule has 1 amide bonds. The van der Waals surface area contributed by atoms with Gasteiger partial charge in [-0.1, -0.05) is 24.3 Å². The summed E-state index contributed by atoms with van der Waals surface area (Å²) in [6, 6.07) is 12.6. The van der Waals surface area contributed by atoms with Gasteiger partial charge in [0.2, 0.25) is 0 Å².